The SMILES string of the molecule is CCCc1cccc(C(=O)N(CCCN)C(CC)c2cc3onc(C)c3c(=O)n2Cc2ccccc2)c1. The van der Waals surface area contributed by atoms with E-state index >= 15 is 0 Å². The number of fused-ring (bicyclic) bond motifs is 1. The first-order valence-corrected chi connectivity index (χ1v) is 13.1. The molecule has 0 bridgehead atoms. The van der Waals surface area contributed by atoms with E-state index in [1.54, 1.807) is 11.5 Å². The molecule has 0 aliphatic heterocycles. The topological polar surface area (TPSA) is 94.4 Å². The zero-order chi connectivity index (χ0) is 26.4. The second-order valence-electron chi connectivity index (χ2n) is 9.47. The number of hydrogen-bond acceptors (Lipinski definition) is 5. The molecule has 1 unspecified atom stereocenters. The number of nitrogens with two attached hydrogens (primary N) is 1. The van der Waals surface area contributed by atoms with Crippen molar-refractivity contribution in [2.75, 3.05) is 13.1 Å². The zero-order valence-corrected chi connectivity index (χ0v) is 21.9. The molecule has 0 aliphatic carbocycles. The first-order valence-electron chi connectivity index (χ1n) is 13.1. The van der Waals surface area contributed by atoms with Gasteiger partial charge in [-0.15, -0.1) is 0 Å². The molecular formula is C30H36N4O3. The number of hydrogen-bond donors (Lipinski definition) is 1. The van der Waals surface area contributed by atoms with Crippen LogP contribution < -0.4 is 11.3 Å². The highest BCUT2D eigenvalue weighted by molar-refractivity contribution is 5.94. The van der Waals surface area contributed by atoms with Crippen LogP contribution in [0.25, 0.3) is 11.0 Å². The van der Waals surface area contributed by atoms with Crippen molar-refractivity contribution in [3.63, 3.8) is 0 Å². The number of carbonyl (C=O) groups is 1. The number of pyridine rings is 1. The van der Waals surface area contributed by atoms with Gasteiger partial charge in [-0.3, -0.25) is 9.59 Å². The van der Waals surface area contributed by atoms with Gasteiger partial charge in [-0.05, 0) is 56.0 Å². The van der Waals surface area contributed by atoms with Crippen molar-refractivity contribution in [2.45, 2.75) is 59.0 Å². The summed E-state index contributed by atoms with van der Waals surface area (Å²) in [5, 5.41) is 4.52. The highest BCUT2D eigenvalue weighted by Gasteiger charge is 2.29. The monoisotopic (exact) mass is 500 g/mol. The van der Waals surface area contributed by atoms with Crippen molar-refractivity contribution < 1.29 is 9.32 Å². The Kier molecular flexibility index (Phi) is 8.56. The molecular weight excluding hydrogens is 464 g/mol. The fraction of sp³-hybridized carbons (Fsp3) is 0.367. The van der Waals surface area contributed by atoms with Crippen molar-refractivity contribution in [3.05, 3.63) is 99.1 Å². The summed E-state index contributed by atoms with van der Waals surface area (Å²) >= 11 is 0. The third kappa shape index (κ3) is 5.67. The molecule has 0 saturated carbocycles. The second-order valence-corrected chi connectivity index (χ2v) is 9.47. The molecule has 2 aromatic carbocycles. The predicted octanol–water partition coefficient (Wildman–Crippen LogP) is 5.24. The number of nitrogens with zero attached hydrogens (tertiary/aromatic N) is 3. The molecule has 0 radical (unpaired) electrons. The van der Waals surface area contributed by atoms with Crippen molar-refractivity contribution >= 4 is 16.9 Å². The number of aromatic nitrogens is 2. The van der Waals surface area contributed by atoms with Gasteiger partial charge in [0.25, 0.3) is 11.5 Å². The van der Waals surface area contributed by atoms with Crippen LogP contribution in [0, 0.1) is 6.92 Å². The van der Waals surface area contributed by atoms with Gasteiger partial charge in [0.1, 0.15) is 5.39 Å². The van der Waals surface area contributed by atoms with Gasteiger partial charge in [0.2, 0.25) is 0 Å². The van der Waals surface area contributed by atoms with Gasteiger partial charge >= 0.3 is 0 Å². The molecule has 4 aromatic rings. The molecule has 0 fully saturated rings. The standard InChI is InChI=1S/C30H36N4O3/c1-4-11-22-14-9-15-24(18-22)29(35)33(17-10-16-31)25(5-2)26-19-27-28(21(3)32-37-27)30(36)34(26)20-23-12-7-6-8-13-23/h6-9,12-15,18-19,25H,4-5,10-11,16-17,20,31H2,1-3H3. The lowest BCUT2D eigenvalue weighted by Crippen LogP contribution is -2.39. The molecule has 2 aromatic heterocycles. The molecule has 1 atom stereocenters. The molecule has 194 valence electrons. The van der Waals surface area contributed by atoms with Crippen LogP contribution in [0.2, 0.25) is 0 Å². The first kappa shape index (κ1) is 26.4. The Hall–Kier alpha value is -3.71. The number of benzene rings is 2. The zero-order valence-electron chi connectivity index (χ0n) is 21.9. The highest BCUT2D eigenvalue weighted by atomic mass is 16.5. The van der Waals surface area contributed by atoms with Crippen LogP contribution in [0.4, 0.5) is 0 Å². The normalized spacial score (nSPS) is 12.1. The fourth-order valence-electron chi connectivity index (χ4n) is 4.98. The Labute approximate surface area is 217 Å². The lowest BCUT2D eigenvalue weighted by Gasteiger charge is -2.33. The van der Waals surface area contributed by atoms with E-state index < -0.39 is 0 Å². The lowest BCUT2D eigenvalue weighted by atomic mass is 10.0. The molecule has 1 amide bonds. The minimum Gasteiger partial charge on any atom is -0.356 e. The van der Waals surface area contributed by atoms with E-state index in [0.717, 1.165) is 29.7 Å². The van der Waals surface area contributed by atoms with Crippen molar-refractivity contribution in [3.8, 4) is 0 Å². The minimum absolute atomic E-state index is 0.0641. The van der Waals surface area contributed by atoms with E-state index in [2.05, 4.69) is 18.1 Å². The number of amides is 1. The van der Waals surface area contributed by atoms with Crippen molar-refractivity contribution in [2.24, 2.45) is 5.73 Å². The van der Waals surface area contributed by atoms with Crippen molar-refractivity contribution in [1.29, 1.82) is 0 Å². The summed E-state index contributed by atoms with van der Waals surface area (Å²) in [7, 11) is 0. The molecule has 37 heavy (non-hydrogen) atoms. The number of aryl methyl sites for hydroxylation is 2. The van der Waals surface area contributed by atoms with E-state index in [4.69, 9.17) is 10.3 Å². The van der Waals surface area contributed by atoms with Crippen LogP contribution in [-0.2, 0) is 13.0 Å². The average molecular weight is 501 g/mol. The Morgan fingerprint density at radius 1 is 1.08 bits per heavy atom. The van der Waals surface area contributed by atoms with Crippen LogP contribution >= 0.6 is 0 Å². The van der Waals surface area contributed by atoms with Gasteiger partial charge in [-0.25, -0.2) is 0 Å². The van der Waals surface area contributed by atoms with Gasteiger partial charge < -0.3 is 19.7 Å². The Morgan fingerprint density at radius 2 is 1.84 bits per heavy atom. The molecule has 7 heteroatoms. The first-order chi connectivity index (χ1) is 18.0. The summed E-state index contributed by atoms with van der Waals surface area (Å²) in [4.78, 5) is 29.6. The number of carbonyl (C=O) groups excluding carboxylic acids is 1. The summed E-state index contributed by atoms with van der Waals surface area (Å²) in [5.41, 5.74) is 10.2. The van der Waals surface area contributed by atoms with Crippen LogP contribution in [0.5, 0.6) is 0 Å². The van der Waals surface area contributed by atoms with E-state index in [1.165, 1.54) is 0 Å². The van der Waals surface area contributed by atoms with Gasteiger partial charge in [0.05, 0.1) is 18.3 Å². The lowest BCUT2D eigenvalue weighted by molar-refractivity contribution is 0.0660. The third-order valence-corrected chi connectivity index (χ3v) is 6.80. The van der Waals surface area contributed by atoms with E-state index in [1.807, 2.05) is 66.4 Å². The molecule has 7 nitrogen and oxygen atoms in total. The maximum Gasteiger partial charge on any atom is 0.264 e. The minimum atomic E-state index is -0.347. The van der Waals surface area contributed by atoms with Gasteiger partial charge in [-0.2, -0.15) is 0 Å². The molecule has 0 aliphatic rings. The summed E-state index contributed by atoms with van der Waals surface area (Å²) in [6.07, 6.45) is 3.20. The summed E-state index contributed by atoms with van der Waals surface area (Å²) in [6.45, 7) is 7.27. The van der Waals surface area contributed by atoms with E-state index in [-0.39, 0.29) is 17.5 Å². The van der Waals surface area contributed by atoms with E-state index in [0.29, 0.717) is 54.7 Å². The Bertz CT molecular complexity index is 1410. The molecule has 2 N–H and O–H groups in total. The maximum atomic E-state index is 14.0. The summed E-state index contributed by atoms with van der Waals surface area (Å²) in [6, 6.07) is 19.2. The fourth-order valence-corrected chi connectivity index (χ4v) is 4.98. The smallest absolute Gasteiger partial charge is 0.264 e. The Morgan fingerprint density at radius 3 is 2.54 bits per heavy atom. The molecule has 4 rings (SSSR count). The maximum absolute atomic E-state index is 14.0. The largest absolute Gasteiger partial charge is 0.356 e. The van der Waals surface area contributed by atoms with Crippen LogP contribution in [0.15, 0.2) is 70.0 Å². The van der Waals surface area contributed by atoms with Gasteiger partial charge in [0, 0.05) is 23.9 Å². The molecule has 2 heterocycles. The van der Waals surface area contributed by atoms with Gasteiger partial charge in [0.15, 0.2) is 5.58 Å². The quantitative estimate of drug-likeness (QED) is 0.304. The third-order valence-electron chi connectivity index (χ3n) is 6.80. The highest BCUT2D eigenvalue weighted by Crippen LogP contribution is 2.29. The van der Waals surface area contributed by atoms with Crippen LogP contribution in [0.1, 0.15) is 72.0 Å². The number of rotatable bonds is 11. The molecule has 0 saturated heterocycles. The summed E-state index contributed by atoms with van der Waals surface area (Å²) < 4.78 is 7.30. The Balaban J connectivity index is 1.85. The summed E-state index contributed by atoms with van der Waals surface area (Å²) in [5.74, 6) is -0.0641. The average Bonchev–Trinajstić information content (AvgIpc) is 3.29. The second kappa shape index (κ2) is 12.0. The van der Waals surface area contributed by atoms with Crippen LogP contribution in [0.3, 0.4) is 0 Å². The predicted molar refractivity (Wildman–Crippen MR) is 147 cm³/mol. The van der Waals surface area contributed by atoms with Crippen molar-refractivity contribution in [1.82, 2.24) is 14.6 Å². The molecule has 0 spiro atoms. The van der Waals surface area contributed by atoms with Gasteiger partial charge in [-0.1, -0.05) is 67.9 Å². The van der Waals surface area contributed by atoms with Crippen LogP contribution in [-0.4, -0.2) is 33.6 Å². The van der Waals surface area contributed by atoms with E-state index in [9.17, 15) is 9.59 Å².